The van der Waals surface area contributed by atoms with Gasteiger partial charge in [0.15, 0.2) is 0 Å². The molecule has 0 aromatic carbocycles. The van der Waals surface area contributed by atoms with E-state index < -0.39 is 0 Å². The summed E-state index contributed by atoms with van der Waals surface area (Å²) in [5.41, 5.74) is 0.491. The van der Waals surface area contributed by atoms with Gasteiger partial charge in [0.05, 0.1) is 12.0 Å². The fraction of sp³-hybridized carbons (Fsp3) is 0.556. The molecule has 2 aromatic heterocycles. The number of hydrogen-bond acceptors (Lipinski definition) is 6. The SMILES string of the molecule is Cc1nnc([C@H]2CCCN(C(=O)c3cccnc3OC(C)C)[C@H]2C)o1. The summed E-state index contributed by atoms with van der Waals surface area (Å²) < 4.78 is 11.3. The molecule has 3 rings (SSSR count). The Hall–Kier alpha value is -2.44. The van der Waals surface area contributed by atoms with E-state index in [1.807, 2.05) is 25.7 Å². The molecule has 0 spiro atoms. The van der Waals surface area contributed by atoms with E-state index in [9.17, 15) is 4.79 Å². The Kier molecular flexibility index (Phi) is 5.01. The highest BCUT2D eigenvalue weighted by Crippen LogP contribution is 2.33. The number of rotatable bonds is 4. The van der Waals surface area contributed by atoms with Crippen molar-refractivity contribution in [2.75, 3.05) is 6.54 Å². The third kappa shape index (κ3) is 3.65. The second-order valence-electron chi connectivity index (χ2n) is 6.67. The van der Waals surface area contributed by atoms with Crippen molar-refractivity contribution < 1.29 is 13.9 Å². The van der Waals surface area contributed by atoms with Crippen molar-refractivity contribution in [3.05, 3.63) is 35.7 Å². The summed E-state index contributed by atoms with van der Waals surface area (Å²) in [7, 11) is 0. The standard InChI is InChI=1S/C18H24N4O3/c1-11(2)24-16-15(7-5-9-19-16)18(23)22-10-6-8-14(12(22)3)17-21-20-13(4)25-17/h5,7,9,11-12,14H,6,8,10H2,1-4H3/t12-,14-/m0/s1. The van der Waals surface area contributed by atoms with Crippen molar-refractivity contribution >= 4 is 5.91 Å². The first kappa shape index (κ1) is 17.4. The minimum atomic E-state index is -0.0720. The van der Waals surface area contributed by atoms with Crippen LogP contribution in [0.5, 0.6) is 5.88 Å². The lowest BCUT2D eigenvalue weighted by atomic mass is 9.89. The van der Waals surface area contributed by atoms with Crippen molar-refractivity contribution in [1.82, 2.24) is 20.1 Å². The highest BCUT2D eigenvalue weighted by Gasteiger charge is 2.36. The van der Waals surface area contributed by atoms with E-state index in [2.05, 4.69) is 15.2 Å². The highest BCUT2D eigenvalue weighted by molar-refractivity contribution is 5.96. The molecule has 1 amide bonds. The summed E-state index contributed by atoms with van der Waals surface area (Å²) in [5, 5.41) is 8.07. The van der Waals surface area contributed by atoms with Gasteiger partial charge in [-0.05, 0) is 45.7 Å². The molecule has 2 aromatic rings. The number of nitrogens with zero attached hydrogens (tertiary/aromatic N) is 4. The Bertz CT molecular complexity index is 743. The molecule has 0 unspecified atom stereocenters. The molecule has 0 saturated carbocycles. The third-order valence-corrected chi connectivity index (χ3v) is 4.46. The maximum Gasteiger partial charge on any atom is 0.259 e. The lowest BCUT2D eigenvalue weighted by molar-refractivity contribution is 0.0575. The molecule has 25 heavy (non-hydrogen) atoms. The Labute approximate surface area is 147 Å². The van der Waals surface area contributed by atoms with Crippen molar-refractivity contribution in [2.24, 2.45) is 0 Å². The van der Waals surface area contributed by atoms with Gasteiger partial charge in [0.2, 0.25) is 17.7 Å². The topological polar surface area (TPSA) is 81.4 Å². The Balaban J connectivity index is 1.84. The van der Waals surface area contributed by atoms with Gasteiger partial charge in [-0.15, -0.1) is 10.2 Å². The fourth-order valence-electron chi connectivity index (χ4n) is 3.25. The molecule has 3 heterocycles. The number of aromatic nitrogens is 3. The Morgan fingerprint density at radius 1 is 1.40 bits per heavy atom. The summed E-state index contributed by atoms with van der Waals surface area (Å²) >= 11 is 0. The first-order chi connectivity index (χ1) is 12.0. The minimum absolute atomic E-state index is 0.0341. The fourth-order valence-corrected chi connectivity index (χ4v) is 3.25. The lowest BCUT2D eigenvalue weighted by Crippen LogP contribution is -2.46. The van der Waals surface area contributed by atoms with Gasteiger partial charge in [-0.25, -0.2) is 4.98 Å². The summed E-state index contributed by atoms with van der Waals surface area (Å²) in [5.74, 6) is 1.51. The van der Waals surface area contributed by atoms with Gasteiger partial charge in [0, 0.05) is 25.7 Å². The summed E-state index contributed by atoms with van der Waals surface area (Å²) in [6, 6.07) is 3.49. The monoisotopic (exact) mass is 344 g/mol. The van der Waals surface area contributed by atoms with Crippen LogP contribution in [0.15, 0.2) is 22.7 Å². The molecule has 1 fully saturated rings. The summed E-state index contributed by atoms with van der Waals surface area (Å²) in [6.07, 6.45) is 3.41. The number of carbonyl (C=O) groups is 1. The average molecular weight is 344 g/mol. The van der Waals surface area contributed by atoms with Gasteiger partial charge in [-0.3, -0.25) is 4.79 Å². The van der Waals surface area contributed by atoms with Gasteiger partial charge in [-0.2, -0.15) is 0 Å². The van der Waals surface area contributed by atoms with E-state index in [4.69, 9.17) is 9.15 Å². The van der Waals surface area contributed by atoms with Crippen LogP contribution < -0.4 is 4.74 Å². The quantitative estimate of drug-likeness (QED) is 0.848. The van der Waals surface area contributed by atoms with Crippen molar-refractivity contribution in [3.63, 3.8) is 0 Å². The molecule has 7 nitrogen and oxygen atoms in total. The van der Waals surface area contributed by atoms with Crippen LogP contribution in [0, 0.1) is 6.92 Å². The second kappa shape index (κ2) is 7.21. The zero-order chi connectivity index (χ0) is 18.0. The van der Waals surface area contributed by atoms with Crippen LogP contribution in [0.3, 0.4) is 0 Å². The molecule has 134 valence electrons. The zero-order valence-corrected chi connectivity index (χ0v) is 15.1. The molecule has 0 radical (unpaired) electrons. The van der Waals surface area contributed by atoms with Crippen LogP contribution in [-0.2, 0) is 0 Å². The normalized spacial score (nSPS) is 20.8. The number of amides is 1. The smallest absolute Gasteiger partial charge is 0.259 e. The second-order valence-corrected chi connectivity index (χ2v) is 6.67. The number of likely N-dealkylation sites (tertiary alicyclic amines) is 1. The van der Waals surface area contributed by atoms with Gasteiger partial charge < -0.3 is 14.1 Å². The molecular weight excluding hydrogens is 320 g/mol. The number of hydrogen-bond donors (Lipinski definition) is 0. The number of piperidine rings is 1. The van der Waals surface area contributed by atoms with E-state index in [0.717, 1.165) is 12.8 Å². The largest absolute Gasteiger partial charge is 0.474 e. The number of carbonyl (C=O) groups excluding carboxylic acids is 1. The Morgan fingerprint density at radius 2 is 2.20 bits per heavy atom. The first-order valence-electron chi connectivity index (χ1n) is 8.70. The summed E-state index contributed by atoms with van der Waals surface area (Å²) in [6.45, 7) is 8.33. The molecular formula is C18H24N4O3. The third-order valence-electron chi connectivity index (χ3n) is 4.46. The summed E-state index contributed by atoms with van der Waals surface area (Å²) in [4.78, 5) is 19.2. The predicted molar refractivity (Wildman–Crippen MR) is 91.5 cm³/mol. The van der Waals surface area contributed by atoms with Crippen LogP contribution in [0.1, 0.15) is 61.7 Å². The number of aryl methyl sites for hydroxylation is 1. The van der Waals surface area contributed by atoms with Crippen molar-refractivity contribution in [2.45, 2.75) is 58.6 Å². The lowest BCUT2D eigenvalue weighted by Gasteiger charge is -2.38. The van der Waals surface area contributed by atoms with Crippen LogP contribution in [0.2, 0.25) is 0 Å². The zero-order valence-electron chi connectivity index (χ0n) is 15.1. The van der Waals surface area contributed by atoms with Gasteiger partial charge in [-0.1, -0.05) is 0 Å². The number of pyridine rings is 1. The average Bonchev–Trinajstić information content (AvgIpc) is 3.01. The van der Waals surface area contributed by atoms with Gasteiger partial charge >= 0.3 is 0 Å². The van der Waals surface area contributed by atoms with E-state index in [0.29, 0.717) is 29.8 Å². The predicted octanol–water partition coefficient (Wildman–Crippen LogP) is 2.97. The molecule has 1 saturated heterocycles. The maximum absolute atomic E-state index is 13.1. The van der Waals surface area contributed by atoms with Crippen LogP contribution in [-0.4, -0.2) is 44.7 Å². The van der Waals surface area contributed by atoms with E-state index in [-0.39, 0.29) is 24.0 Å². The minimum Gasteiger partial charge on any atom is -0.474 e. The van der Waals surface area contributed by atoms with E-state index >= 15 is 0 Å². The highest BCUT2D eigenvalue weighted by atomic mass is 16.5. The molecule has 0 aliphatic carbocycles. The molecule has 2 atom stereocenters. The molecule has 7 heteroatoms. The molecule has 1 aliphatic rings. The maximum atomic E-state index is 13.1. The molecule has 0 bridgehead atoms. The van der Waals surface area contributed by atoms with Crippen molar-refractivity contribution in [1.29, 1.82) is 0 Å². The van der Waals surface area contributed by atoms with Gasteiger partial charge in [0.25, 0.3) is 5.91 Å². The molecule has 0 N–H and O–H groups in total. The van der Waals surface area contributed by atoms with Crippen molar-refractivity contribution in [3.8, 4) is 5.88 Å². The van der Waals surface area contributed by atoms with Crippen LogP contribution in [0.25, 0.3) is 0 Å². The van der Waals surface area contributed by atoms with E-state index in [1.165, 1.54) is 0 Å². The first-order valence-corrected chi connectivity index (χ1v) is 8.70. The van der Waals surface area contributed by atoms with Gasteiger partial charge in [0.1, 0.15) is 5.56 Å². The van der Waals surface area contributed by atoms with Crippen LogP contribution in [0.4, 0.5) is 0 Å². The van der Waals surface area contributed by atoms with E-state index in [1.54, 1.807) is 25.3 Å². The number of ether oxygens (including phenoxy) is 1. The molecule has 1 aliphatic heterocycles. The van der Waals surface area contributed by atoms with Crippen LogP contribution >= 0.6 is 0 Å². The Morgan fingerprint density at radius 3 is 2.88 bits per heavy atom.